The lowest BCUT2D eigenvalue weighted by atomic mass is 9.90. The van der Waals surface area contributed by atoms with E-state index in [9.17, 15) is 9.59 Å². The fourth-order valence-corrected chi connectivity index (χ4v) is 7.19. The van der Waals surface area contributed by atoms with Crippen molar-refractivity contribution in [3.05, 3.63) is 104 Å². The summed E-state index contributed by atoms with van der Waals surface area (Å²) in [7, 11) is 0. The first-order valence-corrected chi connectivity index (χ1v) is 15.6. The lowest BCUT2D eigenvalue weighted by molar-refractivity contribution is -0.122. The molecule has 0 radical (unpaired) electrons. The highest BCUT2D eigenvalue weighted by Gasteiger charge is 2.34. The number of ether oxygens (including phenoxy) is 2. The molecule has 2 aromatic heterocycles. The van der Waals surface area contributed by atoms with Gasteiger partial charge < -0.3 is 14.4 Å². The lowest BCUT2D eigenvalue weighted by Crippen LogP contribution is -2.37. The van der Waals surface area contributed by atoms with Gasteiger partial charge in [0, 0.05) is 19.3 Å². The summed E-state index contributed by atoms with van der Waals surface area (Å²) in [5.74, 6) is 2.30. The van der Waals surface area contributed by atoms with E-state index in [0.717, 1.165) is 43.5 Å². The molecular weight excluding hydrogens is 581 g/mol. The minimum absolute atomic E-state index is 0.185. The number of piperidine rings is 1. The minimum Gasteiger partial charge on any atom is -0.454 e. The van der Waals surface area contributed by atoms with Crippen LogP contribution in [-0.2, 0) is 17.8 Å². The fraction of sp³-hybridized carbons (Fsp3) is 0.273. The van der Waals surface area contributed by atoms with E-state index in [1.165, 1.54) is 17.3 Å². The predicted molar refractivity (Wildman–Crippen MR) is 173 cm³/mol. The third-order valence-electron chi connectivity index (χ3n) is 8.27. The fourth-order valence-electron chi connectivity index (χ4n) is 5.95. The van der Waals surface area contributed by atoms with Crippen LogP contribution in [0, 0.1) is 12.8 Å². The molecule has 0 spiro atoms. The van der Waals surface area contributed by atoms with Gasteiger partial charge in [-0.25, -0.2) is 4.98 Å². The third kappa shape index (κ3) is 5.41. The highest BCUT2D eigenvalue weighted by atomic mass is 32.2. The van der Waals surface area contributed by atoms with Crippen molar-refractivity contribution in [3.8, 4) is 11.5 Å². The van der Waals surface area contributed by atoms with Gasteiger partial charge in [-0.2, -0.15) is 0 Å². The van der Waals surface area contributed by atoms with Crippen molar-refractivity contribution in [2.24, 2.45) is 5.92 Å². The lowest BCUT2D eigenvalue weighted by Gasteiger charge is -2.33. The Bertz CT molecular complexity index is 1830. The summed E-state index contributed by atoms with van der Waals surface area (Å²) in [6.07, 6.45) is 6.46. The maximum Gasteiger partial charge on any atom is 0.267 e. The summed E-state index contributed by atoms with van der Waals surface area (Å²) < 4.78 is 12.9. The molecule has 0 N–H and O–H groups in total. The Balaban J connectivity index is 1.19. The van der Waals surface area contributed by atoms with Crippen LogP contribution in [0.15, 0.2) is 76.6 Å². The van der Waals surface area contributed by atoms with E-state index in [0.29, 0.717) is 50.2 Å². The largest absolute Gasteiger partial charge is 0.454 e. The highest BCUT2D eigenvalue weighted by Crippen LogP contribution is 2.37. The summed E-state index contributed by atoms with van der Waals surface area (Å²) in [4.78, 5) is 36.8. The molecule has 2 aromatic carbocycles. The zero-order valence-electron chi connectivity index (χ0n) is 23.7. The van der Waals surface area contributed by atoms with Gasteiger partial charge in [-0.15, -0.1) is 0 Å². The molecule has 0 saturated carbocycles. The minimum atomic E-state index is -0.228. The molecule has 0 atom stereocenters. The van der Waals surface area contributed by atoms with E-state index in [1.807, 2.05) is 43.3 Å². The van der Waals surface area contributed by atoms with Gasteiger partial charge in [0.2, 0.25) is 6.79 Å². The first-order valence-electron chi connectivity index (χ1n) is 14.4. The number of thiocarbonyl (C=S) groups is 1. The van der Waals surface area contributed by atoms with Gasteiger partial charge in [0.05, 0.1) is 17.0 Å². The second-order valence-corrected chi connectivity index (χ2v) is 12.8. The van der Waals surface area contributed by atoms with Crippen molar-refractivity contribution in [1.82, 2.24) is 14.3 Å². The van der Waals surface area contributed by atoms with Crippen molar-refractivity contribution in [2.75, 3.05) is 24.8 Å². The molecule has 7 rings (SSSR count). The summed E-state index contributed by atoms with van der Waals surface area (Å²) in [5.41, 5.74) is 3.98. The van der Waals surface area contributed by atoms with Gasteiger partial charge in [0.25, 0.3) is 11.5 Å². The molecule has 4 aromatic rings. The van der Waals surface area contributed by atoms with Crippen molar-refractivity contribution < 1.29 is 14.3 Å². The molecule has 0 bridgehead atoms. The zero-order valence-corrected chi connectivity index (χ0v) is 25.3. The van der Waals surface area contributed by atoms with Crippen molar-refractivity contribution in [2.45, 2.75) is 32.7 Å². The topological polar surface area (TPSA) is 76.4 Å². The molecule has 2 fully saturated rings. The molecule has 43 heavy (non-hydrogen) atoms. The number of fused-ring (bicyclic) bond motifs is 2. The van der Waals surface area contributed by atoms with Gasteiger partial charge in [-0.1, -0.05) is 66.4 Å². The number of aryl methyl sites for hydroxylation is 1. The standard InChI is InChI=1S/C33H30N4O4S2/c1-21-6-5-13-36-29(21)34-30(35-14-11-23(12-15-35)16-22-7-3-2-4-8-22)25(31(36)38)18-28-32(39)37(33(42)43-28)19-24-9-10-26-27(17-24)41-20-40-26/h2-10,13,17-18,23H,11-12,14-16,19-20H2,1H3/b28-18+. The van der Waals surface area contributed by atoms with Crippen LogP contribution in [0.3, 0.4) is 0 Å². The molecule has 218 valence electrons. The van der Waals surface area contributed by atoms with Crippen LogP contribution >= 0.6 is 24.0 Å². The molecule has 2 saturated heterocycles. The Kier molecular flexibility index (Phi) is 7.40. The quantitative estimate of drug-likeness (QED) is 0.207. The Morgan fingerprint density at radius 2 is 1.79 bits per heavy atom. The van der Waals surface area contributed by atoms with Crippen LogP contribution in [0.2, 0.25) is 0 Å². The normalized spacial score (nSPS) is 17.9. The Morgan fingerprint density at radius 3 is 2.60 bits per heavy atom. The van der Waals surface area contributed by atoms with Gasteiger partial charge in [0.15, 0.2) is 11.5 Å². The summed E-state index contributed by atoms with van der Waals surface area (Å²) in [5, 5.41) is 0. The smallest absolute Gasteiger partial charge is 0.267 e. The number of aromatic nitrogens is 2. The van der Waals surface area contributed by atoms with Crippen LogP contribution in [0.4, 0.5) is 5.82 Å². The molecule has 8 nitrogen and oxygen atoms in total. The average molecular weight is 611 g/mol. The monoisotopic (exact) mass is 610 g/mol. The molecule has 0 unspecified atom stereocenters. The van der Waals surface area contributed by atoms with Gasteiger partial charge in [-0.05, 0) is 73.1 Å². The van der Waals surface area contributed by atoms with Crippen molar-refractivity contribution >= 4 is 51.7 Å². The van der Waals surface area contributed by atoms with E-state index >= 15 is 0 Å². The van der Waals surface area contributed by atoms with E-state index in [1.54, 1.807) is 21.6 Å². The molecule has 1 amide bonds. The molecule has 5 heterocycles. The average Bonchev–Trinajstić information content (AvgIpc) is 3.59. The van der Waals surface area contributed by atoms with Gasteiger partial charge in [-0.3, -0.25) is 18.9 Å². The molecular formula is C33H30N4O4S2. The highest BCUT2D eigenvalue weighted by molar-refractivity contribution is 8.26. The molecule has 10 heteroatoms. The van der Waals surface area contributed by atoms with Crippen LogP contribution < -0.4 is 19.9 Å². The second kappa shape index (κ2) is 11.5. The zero-order chi connectivity index (χ0) is 29.5. The number of thioether (sulfide) groups is 1. The number of benzene rings is 2. The SMILES string of the molecule is Cc1cccn2c(=O)c(/C=C3/SC(=S)N(Cc4ccc5c(c4)OCO5)C3=O)c(N3CCC(Cc4ccccc4)CC3)nc12. The summed E-state index contributed by atoms with van der Waals surface area (Å²) in [6.45, 7) is 4.02. The maximum atomic E-state index is 14.0. The number of carbonyl (C=O) groups excluding carboxylic acids is 1. The Hall–Kier alpha value is -4.15. The first-order chi connectivity index (χ1) is 20.9. The second-order valence-electron chi connectivity index (χ2n) is 11.1. The molecule has 3 aliphatic heterocycles. The number of pyridine rings is 1. The summed E-state index contributed by atoms with van der Waals surface area (Å²) >= 11 is 6.84. The van der Waals surface area contributed by atoms with Gasteiger partial charge in [0.1, 0.15) is 15.8 Å². The maximum absolute atomic E-state index is 14.0. The number of rotatable bonds is 6. The van der Waals surface area contributed by atoms with E-state index in [2.05, 4.69) is 29.2 Å². The van der Waals surface area contributed by atoms with Crippen LogP contribution in [-0.4, -0.2) is 44.4 Å². The number of hydrogen-bond acceptors (Lipinski definition) is 8. The third-order valence-corrected chi connectivity index (χ3v) is 9.65. The Labute approximate surface area is 258 Å². The van der Waals surface area contributed by atoms with Gasteiger partial charge >= 0.3 is 0 Å². The van der Waals surface area contributed by atoms with Crippen molar-refractivity contribution in [1.29, 1.82) is 0 Å². The summed E-state index contributed by atoms with van der Waals surface area (Å²) in [6, 6.07) is 20.0. The van der Waals surface area contributed by atoms with Crippen LogP contribution in [0.5, 0.6) is 11.5 Å². The molecule has 3 aliphatic rings. The number of anilines is 1. The van der Waals surface area contributed by atoms with E-state index in [-0.39, 0.29) is 18.3 Å². The molecule has 0 aliphatic carbocycles. The first kappa shape index (κ1) is 27.7. The van der Waals surface area contributed by atoms with Crippen LogP contribution in [0.1, 0.15) is 35.1 Å². The van der Waals surface area contributed by atoms with Crippen molar-refractivity contribution in [3.63, 3.8) is 0 Å². The van der Waals surface area contributed by atoms with E-state index < -0.39 is 0 Å². The predicted octanol–water partition coefficient (Wildman–Crippen LogP) is 5.59. The number of hydrogen-bond donors (Lipinski definition) is 0. The number of nitrogens with zero attached hydrogens (tertiary/aromatic N) is 4. The van der Waals surface area contributed by atoms with Crippen LogP contribution in [0.25, 0.3) is 11.7 Å². The number of amides is 1. The van der Waals surface area contributed by atoms with E-state index in [4.69, 9.17) is 26.7 Å². The Morgan fingerprint density at radius 1 is 1.00 bits per heavy atom. The number of carbonyl (C=O) groups is 1.